The Hall–Kier alpha value is -5.39. The van der Waals surface area contributed by atoms with E-state index in [1.165, 1.54) is 43.4 Å². The molecule has 39 heavy (non-hydrogen) atoms. The zero-order chi connectivity index (χ0) is 25.9. The number of nitrogens with zero attached hydrogens (tertiary/aromatic N) is 2. The lowest BCUT2D eigenvalue weighted by Gasteiger charge is -2.13. The Morgan fingerprint density at radius 1 is 0.462 bits per heavy atom. The van der Waals surface area contributed by atoms with Crippen LogP contribution in [0.5, 0.6) is 0 Å². The zero-order valence-corrected chi connectivity index (χ0v) is 21.1. The first-order chi connectivity index (χ1) is 19.3. The number of fused-ring (bicyclic) bond motifs is 8. The van der Waals surface area contributed by atoms with Crippen LogP contribution in [0.3, 0.4) is 0 Å². The molecule has 0 unspecified atom stereocenters. The fourth-order valence-corrected chi connectivity index (χ4v) is 6.22. The Balaban J connectivity index is 1.48. The van der Waals surface area contributed by atoms with Crippen LogP contribution in [-0.2, 0) is 0 Å². The fraction of sp³-hybridized carbons (Fsp3) is 0. The molecule has 0 fully saturated rings. The molecule has 0 amide bonds. The molecule has 0 aliphatic heterocycles. The average Bonchev–Trinajstić information content (AvgIpc) is 3.33. The molecule has 2 heteroatoms. The molecule has 7 aromatic carbocycles. The van der Waals surface area contributed by atoms with Gasteiger partial charge in [0.1, 0.15) is 0 Å². The maximum Gasteiger partial charge on any atom is 0.0991 e. The van der Waals surface area contributed by atoms with Crippen LogP contribution >= 0.6 is 0 Å². The molecule has 0 aliphatic carbocycles. The molecule has 8 aromatic rings. The molecule has 1 heterocycles. The predicted octanol–water partition coefficient (Wildman–Crippen LogP) is 9.78. The van der Waals surface area contributed by atoms with Crippen molar-refractivity contribution < 1.29 is 0 Å². The van der Waals surface area contributed by atoms with Gasteiger partial charge in [-0.1, -0.05) is 84.9 Å². The second-order valence-electron chi connectivity index (χ2n) is 10.1. The maximum atomic E-state index is 9.67. The molecular formula is C37H22N2. The van der Waals surface area contributed by atoms with Crippen LogP contribution < -0.4 is 0 Å². The Bertz CT molecular complexity index is 2280. The summed E-state index contributed by atoms with van der Waals surface area (Å²) in [6.07, 6.45) is 0. The smallest absolute Gasteiger partial charge is 0.0991 e. The van der Waals surface area contributed by atoms with E-state index in [4.69, 9.17) is 0 Å². The highest BCUT2D eigenvalue weighted by Crippen LogP contribution is 2.40. The summed E-state index contributed by atoms with van der Waals surface area (Å²) in [5.41, 5.74) is 6.39. The van der Waals surface area contributed by atoms with E-state index in [0.717, 1.165) is 27.5 Å². The van der Waals surface area contributed by atoms with Crippen molar-refractivity contribution in [3.63, 3.8) is 0 Å². The summed E-state index contributed by atoms with van der Waals surface area (Å²) in [5.74, 6) is 0. The summed E-state index contributed by atoms with van der Waals surface area (Å²) in [7, 11) is 0. The van der Waals surface area contributed by atoms with E-state index < -0.39 is 0 Å². The second-order valence-corrected chi connectivity index (χ2v) is 10.1. The highest BCUT2D eigenvalue weighted by atomic mass is 15.0. The summed E-state index contributed by atoms with van der Waals surface area (Å²) in [4.78, 5) is 0. The van der Waals surface area contributed by atoms with Gasteiger partial charge in [0.05, 0.1) is 22.7 Å². The zero-order valence-electron chi connectivity index (χ0n) is 21.1. The third-order valence-electron chi connectivity index (χ3n) is 7.99. The minimum Gasteiger partial charge on any atom is -0.309 e. The lowest BCUT2D eigenvalue weighted by molar-refractivity contribution is 1.18. The van der Waals surface area contributed by atoms with E-state index >= 15 is 0 Å². The van der Waals surface area contributed by atoms with Gasteiger partial charge in [-0.15, -0.1) is 0 Å². The molecule has 0 saturated heterocycles. The molecule has 0 atom stereocenters. The van der Waals surface area contributed by atoms with Gasteiger partial charge >= 0.3 is 0 Å². The minimum absolute atomic E-state index is 0.669. The molecule has 8 rings (SSSR count). The van der Waals surface area contributed by atoms with Gasteiger partial charge in [0.15, 0.2) is 0 Å². The molecule has 0 bridgehead atoms. The lowest BCUT2D eigenvalue weighted by Crippen LogP contribution is -1.93. The van der Waals surface area contributed by atoms with Crippen LogP contribution in [0.4, 0.5) is 0 Å². The van der Waals surface area contributed by atoms with Crippen LogP contribution in [0.2, 0.25) is 0 Å². The summed E-state index contributed by atoms with van der Waals surface area (Å²) in [5, 5.41) is 19.5. The quantitative estimate of drug-likeness (QED) is 0.220. The summed E-state index contributed by atoms with van der Waals surface area (Å²) in [6.45, 7) is 0. The van der Waals surface area contributed by atoms with Crippen LogP contribution in [-0.4, -0.2) is 4.57 Å². The molecule has 0 aliphatic rings. The Labute approximate surface area is 225 Å². The summed E-state index contributed by atoms with van der Waals surface area (Å²) < 4.78 is 2.29. The first-order valence-corrected chi connectivity index (χ1v) is 13.2. The normalized spacial score (nSPS) is 11.6. The molecule has 2 nitrogen and oxygen atoms in total. The monoisotopic (exact) mass is 494 g/mol. The van der Waals surface area contributed by atoms with E-state index in [0.29, 0.717) is 5.56 Å². The van der Waals surface area contributed by atoms with Crippen molar-refractivity contribution in [2.75, 3.05) is 0 Å². The van der Waals surface area contributed by atoms with Crippen molar-refractivity contribution in [2.24, 2.45) is 0 Å². The van der Waals surface area contributed by atoms with Crippen LogP contribution in [0.15, 0.2) is 133 Å². The van der Waals surface area contributed by atoms with E-state index in [9.17, 15) is 5.26 Å². The molecule has 0 N–H and O–H groups in total. The van der Waals surface area contributed by atoms with Gasteiger partial charge in [-0.3, -0.25) is 0 Å². The summed E-state index contributed by atoms with van der Waals surface area (Å²) in [6, 6.07) is 49.7. The molecule has 180 valence electrons. The Morgan fingerprint density at radius 2 is 1.13 bits per heavy atom. The second kappa shape index (κ2) is 8.31. The van der Waals surface area contributed by atoms with E-state index in [-0.39, 0.29) is 0 Å². The molecule has 0 radical (unpaired) electrons. The van der Waals surface area contributed by atoms with Crippen LogP contribution in [0, 0.1) is 11.3 Å². The van der Waals surface area contributed by atoms with Crippen molar-refractivity contribution in [1.82, 2.24) is 4.57 Å². The van der Waals surface area contributed by atoms with E-state index in [1.54, 1.807) is 0 Å². The molecule has 0 saturated carbocycles. The Kier molecular flexibility index (Phi) is 4.62. The highest BCUT2D eigenvalue weighted by Gasteiger charge is 2.16. The number of hydrogen-bond donors (Lipinski definition) is 0. The van der Waals surface area contributed by atoms with Gasteiger partial charge < -0.3 is 4.57 Å². The largest absolute Gasteiger partial charge is 0.309 e. The van der Waals surface area contributed by atoms with Crippen molar-refractivity contribution in [3.05, 3.63) is 139 Å². The van der Waals surface area contributed by atoms with Gasteiger partial charge in [0.25, 0.3) is 0 Å². The topological polar surface area (TPSA) is 28.7 Å². The number of hydrogen-bond acceptors (Lipinski definition) is 1. The Morgan fingerprint density at radius 3 is 1.95 bits per heavy atom. The fourth-order valence-electron chi connectivity index (χ4n) is 6.22. The van der Waals surface area contributed by atoms with Gasteiger partial charge in [-0.05, 0) is 92.0 Å². The third kappa shape index (κ3) is 3.21. The van der Waals surface area contributed by atoms with Crippen molar-refractivity contribution in [1.29, 1.82) is 5.26 Å². The number of aromatic nitrogens is 1. The van der Waals surface area contributed by atoms with E-state index in [1.807, 2.05) is 18.2 Å². The molecular weight excluding hydrogens is 472 g/mol. The van der Waals surface area contributed by atoms with Gasteiger partial charge in [-0.2, -0.15) is 5.26 Å². The van der Waals surface area contributed by atoms with Crippen molar-refractivity contribution in [3.8, 4) is 22.9 Å². The van der Waals surface area contributed by atoms with Gasteiger partial charge in [0, 0.05) is 16.5 Å². The maximum absolute atomic E-state index is 9.67. The first kappa shape index (κ1) is 21.7. The standard InChI is InChI=1S/C37H22N2/c38-23-24-14-18-36-34(20-24)35-21-26(16-19-37(35)39(36)27-9-2-1-3-10-27)32-22-33-28-11-5-4-8-25(28)15-17-31(33)29-12-6-7-13-30(29)32/h1-22H. The van der Waals surface area contributed by atoms with Crippen LogP contribution in [0.25, 0.3) is 70.9 Å². The van der Waals surface area contributed by atoms with Gasteiger partial charge in [-0.25, -0.2) is 0 Å². The molecule has 0 spiro atoms. The van der Waals surface area contributed by atoms with Crippen LogP contribution in [0.1, 0.15) is 5.56 Å². The number of benzene rings is 7. The van der Waals surface area contributed by atoms with Crippen molar-refractivity contribution in [2.45, 2.75) is 0 Å². The minimum atomic E-state index is 0.669. The number of para-hydroxylation sites is 1. The highest BCUT2D eigenvalue weighted by molar-refractivity contribution is 6.21. The average molecular weight is 495 g/mol. The summed E-state index contributed by atoms with van der Waals surface area (Å²) >= 11 is 0. The lowest BCUT2D eigenvalue weighted by atomic mass is 9.90. The molecule has 1 aromatic heterocycles. The first-order valence-electron chi connectivity index (χ1n) is 13.2. The number of rotatable bonds is 2. The number of nitriles is 1. The van der Waals surface area contributed by atoms with Crippen molar-refractivity contribution >= 4 is 54.1 Å². The predicted molar refractivity (Wildman–Crippen MR) is 163 cm³/mol. The third-order valence-corrected chi connectivity index (χ3v) is 7.99. The van der Waals surface area contributed by atoms with E-state index in [2.05, 4.69) is 126 Å². The SMILES string of the molecule is N#Cc1ccc2c(c1)c1cc(-c3cc4c5ccccc5ccc4c4ccccc34)ccc1n2-c1ccccc1. The van der Waals surface area contributed by atoms with Gasteiger partial charge in [0.2, 0.25) is 0 Å².